The minimum absolute atomic E-state index is 0.577. The average molecular weight is 114 g/mol. The maximum atomic E-state index is 5.19. The Morgan fingerprint density at radius 3 is 2.50 bits per heavy atom. The lowest BCUT2D eigenvalue weighted by molar-refractivity contribution is 0.404. The molecule has 0 aromatic carbocycles. The maximum Gasteiger partial charge on any atom is 0.0101 e. The van der Waals surface area contributed by atoms with Gasteiger partial charge in [-0.3, -0.25) is 0 Å². The van der Waals surface area contributed by atoms with Gasteiger partial charge in [-0.15, -0.1) is 0 Å². The van der Waals surface area contributed by atoms with Gasteiger partial charge < -0.3 is 10.2 Å². The summed E-state index contributed by atoms with van der Waals surface area (Å²) >= 11 is 0. The summed E-state index contributed by atoms with van der Waals surface area (Å²) in [4.78, 5) is 2.11. The van der Waals surface area contributed by atoms with Crippen LogP contribution in [0.25, 0.3) is 0 Å². The number of nitrogens with one attached hydrogen (secondary N) is 1. The zero-order valence-corrected chi connectivity index (χ0v) is 5.65. The molecule has 0 unspecified atom stereocenters. The molecule has 0 bridgehead atoms. The second-order valence-electron chi connectivity index (χ2n) is 2.01. The normalized spacial score (nSPS) is 10.5. The molecule has 0 aliphatic rings. The van der Waals surface area contributed by atoms with Crippen molar-refractivity contribution in [3.05, 3.63) is 6.92 Å². The fourth-order valence-corrected chi connectivity index (χ4v) is 0.405. The van der Waals surface area contributed by atoms with E-state index in [2.05, 4.69) is 10.2 Å². The molecule has 0 atom stereocenters. The Morgan fingerprint density at radius 1 is 1.50 bits per heavy atom. The van der Waals surface area contributed by atoms with Crippen LogP contribution in [0.15, 0.2) is 0 Å². The number of rotatable bonds is 4. The Morgan fingerprint density at radius 2 is 2.12 bits per heavy atom. The summed E-state index contributed by atoms with van der Waals surface area (Å²) in [5.41, 5.74) is 0. The first kappa shape index (κ1) is 7.92. The van der Waals surface area contributed by atoms with E-state index >= 15 is 0 Å². The molecule has 1 N–H and O–H groups in total. The van der Waals surface area contributed by atoms with Gasteiger partial charge in [0.15, 0.2) is 0 Å². The van der Waals surface area contributed by atoms with Crippen molar-refractivity contribution >= 4 is 0 Å². The van der Waals surface area contributed by atoms with E-state index in [9.17, 15) is 0 Å². The predicted molar refractivity (Wildman–Crippen MR) is 35.7 cm³/mol. The molecule has 0 aliphatic heterocycles. The lowest BCUT2D eigenvalue weighted by Gasteiger charge is -2.08. The van der Waals surface area contributed by atoms with Gasteiger partial charge in [-0.25, -0.2) is 0 Å². The Bertz CT molecular complexity index is 43.8. The summed E-state index contributed by atoms with van der Waals surface area (Å²) < 4.78 is 0. The number of nitrogens with zero attached hydrogens (tertiary/aromatic N) is 1. The van der Waals surface area contributed by atoms with Crippen molar-refractivity contribution in [1.29, 1.82) is 0 Å². The van der Waals surface area contributed by atoms with E-state index in [1.165, 1.54) is 0 Å². The Balaban J connectivity index is 2.72. The van der Waals surface area contributed by atoms with E-state index in [0.29, 0.717) is 6.54 Å². The summed E-state index contributed by atoms with van der Waals surface area (Å²) in [7, 11) is 4.08. The fourth-order valence-electron chi connectivity index (χ4n) is 0.405. The first-order chi connectivity index (χ1) is 3.77. The van der Waals surface area contributed by atoms with Crippen LogP contribution in [0.4, 0.5) is 0 Å². The van der Waals surface area contributed by atoms with Crippen molar-refractivity contribution in [2.75, 3.05) is 33.7 Å². The molecular weight excluding hydrogens is 100 g/mol. The van der Waals surface area contributed by atoms with E-state index in [4.69, 9.17) is 6.92 Å². The molecule has 0 aliphatic carbocycles. The Kier molecular flexibility index (Phi) is 5.01. The van der Waals surface area contributed by atoms with Gasteiger partial charge in [0, 0.05) is 13.1 Å². The fraction of sp³-hybridized carbons (Fsp3) is 0.833. The van der Waals surface area contributed by atoms with Crippen molar-refractivity contribution in [2.45, 2.75) is 0 Å². The highest BCUT2D eigenvalue weighted by atomic mass is 15.1. The number of hydrogen-bond donors (Lipinski definition) is 1. The molecular formula is C6H14N2. The molecule has 0 amide bonds. The van der Waals surface area contributed by atoms with Crippen LogP contribution in [-0.2, 0) is 0 Å². The number of likely N-dealkylation sites (N-methyl/N-ethyl adjacent to an activating group) is 1. The summed E-state index contributed by atoms with van der Waals surface area (Å²) in [5.74, 6) is 0. The summed E-state index contributed by atoms with van der Waals surface area (Å²) in [6.45, 7) is 7.79. The molecule has 48 valence electrons. The van der Waals surface area contributed by atoms with Gasteiger partial charge in [-0.1, -0.05) is 0 Å². The lowest BCUT2D eigenvalue weighted by Crippen LogP contribution is -2.26. The second-order valence-corrected chi connectivity index (χ2v) is 2.01. The molecule has 0 fully saturated rings. The minimum atomic E-state index is 0.577. The van der Waals surface area contributed by atoms with Crippen LogP contribution in [0.3, 0.4) is 0 Å². The maximum absolute atomic E-state index is 5.19. The molecule has 2 radical (unpaired) electrons. The first-order valence-electron chi connectivity index (χ1n) is 2.83. The Hall–Kier alpha value is -0.0800. The number of hydrogen-bond acceptors (Lipinski definition) is 2. The largest absolute Gasteiger partial charge is 0.315 e. The quantitative estimate of drug-likeness (QED) is 0.511. The third kappa shape index (κ3) is 5.92. The van der Waals surface area contributed by atoms with Crippen molar-refractivity contribution in [2.24, 2.45) is 0 Å². The van der Waals surface area contributed by atoms with E-state index in [-0.39, 0.29) is 0 Å². The minimum Gasteiger partial charge on any atom is -0.315 e. The van der Waals surface area contributed by atoms with Crippen LogP contribution in [0.5, 0.6) is 0 Å². The average Bonchev–Trinajstić information content (AvgIpc) is 1.66. The van der Waals surface area contributed by atoms with Gasteiger partial charge in [0.1, 0.15) is 0 Å². The van der Waals surface area contributed by atoms with Gasteiger partial charge in [0.25, 0.3) is 0 Å². The topological polar surface area (TPSA) is 15.3 Å². The SMILES string of the molecule is [CH]CNCCN(C)C. The standard InChI is InChI=1S/C6H14N2/c1-4-7-5-6-8(2)3/h1,7H,4-6H2,2-3H3. The van der Waals surface area contributed by atoms with E-state index in [1.54, 1.807) is 0 Å². The molecule has 2 nitrogen and oxygen atoms in total. The molecule has 8 heavy (non-hydrogen) atoms. The van der Waals surface area contributed by atoms with Crippen molar-refractivity contribution in [3.8, 4) is 0 Å². The zero-order chi connectivity index (χ0) is 6.41. The van der Waals surface area contributed by atoms with Gasteiger partial charge >= 0.3 is 0 Å². The third-order valence-corrected chi connectivity index (χ3v) is 0.880. The molecule has 2 heteroatoms. The third-order valence-electron chi connectivity index (χ3n) is 0.880. The second kappa shape index (κ2) is 5.06. The molecule has 0 heterocycles. The molecule has 0 aromatic heterocycles. The van der Waals surface area contributed by atoms with Crippen LogP contribution >= 0.6 is 0 Å². The monoisotopic (exact) mass is 114 g/mol. The van der Waals surface area contributed by atoms with Crippen LogP contribution in [-0.4, -0.2) is 38.6 Å². The van der Waals surface area contributed by atoms with E-state index < -0.39 is 0 Å². The molecule has 0 aromatic rings. The van der Waals surface area contributed by atoms with Crippen LogP contribution < -0.4 is 5.32 Å². The lowest BCUT2D eigenvalue weighted by atomic mass is 10.5. The van der Waals surface area contributed by atoms with E-state index in [0.717, 1.165) is 13.1 Å². The van der Waals surface area contributed by atoms with Crippen molar-refractivity contribution in [1.82, 2.24) is 10.2 Å². The van der Waals surface area contributed by atoms with Crippen molar-refractivity contribution < 1.29 is 0 Å². The summed E-state index contributed by atoms with van der Waals surface area (Å²) in [6.07, 6.45) is 0. The van der Waals surface area contributed by atoms with Gasteiger partial charge in [-0.2, -0.15) is 0 Å². The molecule has 0 saturated heterocycles. The predicted octanol–water partition coefficient (Wildman–Crippen LogP) is -0.151. The summed E-state index contributed by atoms with van der Waals surface area (Å²) in [6, 6.07) is 0. The van der Waals surface area contributed by atoms with Crippen LogP contribution in [0.1, 0.15) is 0 Å². The zero-order valence-electron chi connectivity index (χ0n) is 5.65. The first-order valence-corrected chi connectivity index (χ1v) is 2.83. The molecule has 0 saturated carbocycles. The van der Waals surface area contributed by atoms with Gasteiger partial charge in [0.2, 0.25) is 0 Å². The van der Waals surface area contributed by atoms with Gasteiger partial charge in [-0.05, 0) is 27.6 Å². The smallest absolute Gasteiger partial charge is 0.0101 e. The molecule has 0 spiro atoms. The molecule has 0 rings (SSSR count). The highest BCUT2D eigenvalue weighted by Crippen LogP contribution is 1.68. The van der Waals surface area contributed by atoms with Crippen LogP contribution in [0.2, 0.25) is 0 Å². The van der Waals surface area contributed by atoms with Gasteiger partial charge in [0.05, 0.1) is 0 Å². The Labute approximate surface area is 51.9 Å². The highest BCUT2D eigenvalue weighted by Gasteiger charge is 1.85. The van der Waals surface area contributed by atoms with Crippen LogP contribution in [0, 0.1) is 6.92 Å². The van der Waals surface area contributed by atoms with Crippen molar-refractivity contribution in [3.63, 3.8) is 0 Å². The highest BCUT2D eigenvalue weighted by molar-refractivity contribution is 4.49. The summed E-state index contributed by atoms with van der Waals surface area (Å²) in [5, 5.41) is 3.02. The van der Waals surface area contributed by atoms with E-state index in [1.807, 2.05) is 14.1 Å².